The van der Waals surface area contributed by atoms with Crippen LogP contribution in [-0.2, 0) is 6.18 Å². The van der Waals surface area contributed by atoms with Crippen molar-refractivity contribution >= 4 is 11.4 Å². The molecule has 0 amide bonds. The fraction of sp³-hybridized carbons (Fsp3) is 0.0769. The molecule has 100 valence electrons. The zero-order valence-electron chi connectivity index (χ0n) is 9.74. The Morgan fingerprint density at radius 1 is 0.842 bits per heavy atom. The number of anilines is 2. The number of halogens is 3. The average Bonchev–Trinajstić information content (AvgIpc) is 2.26. The van der Waals surface area contributed by atoms with E-state index >= 15 is 0 Å². The summed E-state index contributed by atoms with van der Waals surface area (Å²) in [6.45, 7) is 0. The van der Waals surface area contributed by atoms with Gasteiger partial charge in [-0.2, -0.15) is 13.2 Å². The predicted molar refractivity (Wildman–Crippen MR) is 66.8 cm³/mol. The largest absolute Gasteiger partial charge is 0.457 e. The van der Waals surface area contributed by atoms with Gasteiger partial charge in [0.05, 0.1) is 5.56 Å². The molecule has 0 heterocycles. The zero-order valence-corrected chi connectivity index (χ0v) is 9.74. The van der Waals surface area contributed by atoms with E-state index in [-0.39, 0.29) is 11.5 Å². The van der Waals surface area contributed by atoms with Crippen molar-refractivity contribution in [3.05, 3.63) is 48.0 Å². The molecule has 0 saturated carbocycles. The van der Waals surface area contributed by atoms with Crippen LogP contribution >= 0.6 is 0 Å². The third kappa shape index (κ3) is 3.31. The third-order valence-corrected chi connectivity index (χ3v) is 2.35. The SMILES string of the molecule is Nc1cc(N)cc(Oc2cccc(C(F)(F)F)c2)c1. The van der Waals surface area contributed by atoms with Crippen LogP contribution in [0.5, 0.6) is 11.5 Å². The highest BCUT2D eigenvalue weighted by Gasteiger charge is 2.30. The van der Waals surface area contributed by atoms with Gasteiger partial charge in [0.2, 0.25) is 0 Å². The van der Waals surface area contributed by atoms with Gasteiger partial charge in [0, 0.05) is 23.5 Å². The van der Waals surface area contributed by atoms with E-state index in [1.54, 1.807) is 0 Å². The van der Waals surface area contributed by atoms with Gasteiger partial charge in [0.25, 0.3) is 0 Å². The molecule has 2 rings (SSSR count). The Bertz CT molecular complexity index is 576. The summed E-state index contributed by atoms with van der Waals surface area (Å²) in [6.07, 6.45) is -4.41. The number of nitrogen functional groups attached to an aromatic ring is 2. The van der Waals surface area contributed by atoms with Gasteiger partial charge in [-0.3, -0.25) is 0 Å². The fourth-order valence-corrected chi connectivity index (χ4v) is 1.58. The molecule has 4 N–H and O–H groups in total. The summed E-state index contributed by atoms with van der Waals surface area (Å²) < 4.78 is 42.9. The first-order valence-electron chi connectivity index (χ1n) is 5.36. The number of nitrogens with two attached hydrogens (primary N) is 2. The highest BCUT2D eigenvalue weighted by Crippen LogP contribution is 2.33. The van der Waals surface area contributed by atoms with Crippen molar-refractivity contribution in [1.29, 1.82) is 0 Å². The lowest BCUT2D eigenvalue weighted by atomic mass is 10.2. The number of rotatable bonds is 2. The summed E-state index contributed by atoms with van der Waals surface area (Å²) in [6, 6.07) is 9.08. The van der Waals surface area contributed by atoms with Crippen LogP contribution in [0.1, 0.15) is 5.56 Å². The molecule has 0 radical (unpaired) electrons. The first-order valence-corrected chi connectivity index (χ1v) is 5.36. The number of hydrogen-bond acceptors (Lipinski definition) is 3. The van der Waals surface area contributed by atoms with Crippen LogP contribution in [-0.4, -0.2) is 0 Å². The summed E-state index contributed by atoms with van der Waals surface area (Å²) in [5.74, 6) is 0.358. The number of benzene rings is 2. The van der Waals surface area contributed by atoms with Crippen molar-refractivity contribution in [2.75, 3.05) is 11.5 Å². The van der Waals surface area contributed by atoms with E-state index in [2.05, 4.69) is 0 Å². The predicted octanol–water partition coefficient (Wildman–Crippen LogP) is 3.66. The van der Waals surface area contributed by atoms with Crippen molar-refractivity contribution in [3.63, 3.8) is 0 Å². The highest BCUT2D eigenvalue weighted by molar-refractivity contribution is 5.57. The van der Waals surface area contributed by atoms with E-state index in [9.17, 15) is 13.2 Å². The van der Waals surface area contributed by atoms with E-state index in [1.165, 1.54) is 30.3 Å². The Balaban J connectivity index is 2.28. The summed E-state index contributed by atoms with van der Waals surface area (Å²) >= 11 is 0. The minimum Gasteiger partial charge on any atom is -0.457 e. The van der Waals surface area contributed by atoms with Crippen LogP contribution in [0.4, 0.5) is 24.5 Å². The average molecular weight is 268 g/mol. The Labute approximate surface area is 107 Å². The molecule has 0 aliphatic heterocycles. The Morgan fingerprint density at radius 3 is 2.05 bits per heavy atom. The molecular formula is C13H11F3N2O. The van der Waals surface area contributed by atoms with E-state index in [1.807, 2.05) is 0 Å². The van der Waals surface area contributed by atoms with Gasteiger partial charge in [-0.25, -0.2) is 0 Å². The van der Waals surface area contributed by atoms with E-state index < -0.39 is 11.7 Å². The molecule has 0 bridgehead atoms. The Kier molecular flexibility index (Phi) is 3.25. The second kappa shape index (κ2) is 4.72. The maximum Gasteiger partial charge on any atom is 0.416 e. The van der Waals surface area contributed by atoms with Gasteiger partial charge in [0.1, 0.15) is 11.5 Å². The number of ether oxygens (including phenoxy) is 1. The molecule has 3 nitrogen and oxygen atoms in total. The standard InChI is InChI=1S/C13H11F3N2O/c14-13(15,16)8-2-1-3-11(4-8)19-12-6-9(17)5-10(18)7-12/h1-7H,17-18H2. The molecule has 0 unspecified atom stereocenters. The lowest BCUT2D eigenvalue weighted by Gasteiger charge is -2.10. The van der Waals surface area contributed by atoms with Crippen molar-refractivity contribution in [2.24, 2.45) is 0 Å². The molecule has 6 heteroatoms. The summed E-state index contributed by atoms with van der Waals surface area (Å²) in [4.78, 5) is 0. The maximum atomic E-state index is 12.5. The molecule has 0 aliphatic rings. The zero-order chi connectivity index (χ0) is 14.0. The lowest BCUT2D eigenvalue weighted by Crippen LogP contribution is -2.04. The first kappa shape index (κ1) is 13.1. The van der Waals surface area contributed by atoms with E-state index in [0.717, 1.165) is 12.1 Å². The van der Waals surface area contributed by atoms with Crippen molar-refractivity contribution in [3.8, 4) is 11.5 Å². The molecule has 2 aromatic rings. The van der Waals surface area contributed by atoms with Crippen LogP contribution in [0, 0.1) is 0 Å². The number of hydrogen-bond donors (Lipinski definition) is 2. The first-order chi connectivity index (χ1) is 8.84. The van der Waals surface area contributed by atoms with Gasteiger partial charge >= 0.3 is 6.18 Å². The molecule has 0 saturated heterocycles. The topological polar surface area (TPSA) is 61.3 Å². The van der Waals surface area contributed by atoms with Gasteiger partial charge in [0.15, 0.2) is 0 Å². The molecule has 0 aliphatic carbocycles. The van der Waals surface area contributed by atoms with Gasteiger partial charge in [-0.15, -0.1) is 0 Å². The maximum absolute atomic E-state index is 12.5. The smallest absolute Gasteiger partial charge is 0.416 e. The molecule has 0 atom stereocenters. The van der Waals surface area contributed by atoms with Crippen LogP contribution in [0.2, 0.25) is 0 Å². The third-order valence-electron chi connectivity index (χ3n) is 2.35. The minimum absolute atomic E-state index is 0.0693. The van der Waals surface area contributed by atoms with E-state index in [0.29, 0.717) is 11.4 Å². The van der Waals surface area contributed by atoms with Crippen LogP contribution < -0.4 is 16.2 Å². The van der Waals surface area contributed by atoms with Crippen LogP contribution in [0.15, 0.2) is 42.5 Å². The molecule has 0 fully saturated rings. The molecule has 2 aromatic carbocycles. The second-order valence-electron chi connectivity index (χ2n) is 3.96. The van der Waals surface area contributed by atoms with Crippen molar-refractivity contribution < 1.29 is 17.9 Å². The number of alkyl halides is 3. The summed E-state index contributed by atoms with van der Waals surface area (Å²) in [5, 5.41) is 0. The quantitative estimate of drug-likeness (QED) is 0.817. The van der Waals surface area contributed by atoms with Crippen molar-refractivity contribution in [1.82, 2.24) is 0 Å². The lowest BCUT2D eigenvalue weighted by molar-refractivity contribution is -0.137. The summed E-state index contributed by atoms with van der Waals surface area (Å²) in [5.41, 5.74) is 11.1. The van der Waals surface area contributed by atoms with Crippen LogP contribution in [0.3, 0.4) is 0 Å². The Morgan fingerprint density at radius 2 is 1.47 bits per heavy atom. The Hall–Kier alpha value is -2.37. The minimum atomic E-state index is -4.41. The van der Waals surface area contributed by atoms with Crippen molar-refractivity contribution in [2.45, 2.75) is 6.18 Å². The molecule has 19 heavy (non-hydrogen) atoms. The monoisotopic (exact) mass is 268 g/mol. The van der Waals surface area contributed by atoms with E-state index in [4.69, 9.17) is 16.2 Å². The molecular weight excluding hydrogens is 257 g/mol. The molecule has 0 aromatic heterocycles. The van der Waals surface area contributed by atoms with Crippen LogP contribution in [0.25, 0.3) is 0 Å². The second-order valence-corrected chi connectivity index (χ2v) is 3.96. The summed E-state index contributed by atoms with van der Waals surface area (Å²) in [7, 11) is 0. The molecule has 0 spiro atoms. The van der Waals surface area contributed by atoms with Gasteiger partial charge in [-0.1, -0.05) is 6.07 Å². The van der Waals surface area contributed by atoms with Gasteiger partial charge in [-0.05, 0) is 24.3 Å². The normalized spacial score (nSPS) is 11.3. The van der Waals surface area contributed by atoms with Gasteiger partial charge < -0.3 is 16.2 Å². The fourth-order valence-electron chi connectivity index (χ4n) is 1.58. The highest BCUT2D eigenvalue weighted by atomic mass is 19.4.